The van der Waals surface area contributed by atoms with Gasteiger partial charge in [0.05, 0.1) is 11.4 Å². The van der Waals surface area contributed by atoms with Gasteiger partial charge in [-0.2, -0.15) is 0 Å². The summed E-state index contributed by atoms with van der Waals surface area (Å²) >= 11 is 0. The number of benzene rings is 2. The molecule has 0 saturated carbocycles. The number of amides is 2. The van der Waals surface area contributed by atoms with Gasteiger partial charge in [-0.3, -0.25) is 14.5 Å². The molecule has 1 aliphatic heterocycles. The zero-order valence-electron chi connectivity index (χ0n) is 15.5. The molecule has 0 spiro atoms. The molecule has 0 unspecified atom stereocenters. The van der Waals surface area contributed by atoms with Crippen molar-refractivity contribution in [3.63, 3.8) is 0 Å². The minimum atomic E-state index is -0.946. The summed E-state index contributed by atoms with van der Waals surface area (Å²) in [6.07, 6.45) is 0. The third-order valence-electron chi connectivity index (χ3n) is 3.96. The number of nitrogens with zero attached hydrogens (tertiary/aromatic N) is 2. The summed E-state index contributed by atoms with van der Waals surface area (Å²) in [5.41, 5.74) is 1.50. The first-order chi connectivity index (χ1) is 13.4. The second-order valence-electron chi connectivity index (χ2n) is 6.10. The first-order valence-electron chi connectivity index (χ1n) is 8.75. The summed E-state index contributed by atoms with van der Waals surface area (Å²) in [7, 11) is 0. The maximum Gasteiger partial charge on any atom is 0.329 e. The molecule has 8 heteroatoms. The average Bonchev–Trinajstić information content (AvgIpc) is 2.69. The lowest BCUT2D eigenvalue weighted by atomic mass is 10.2. The molecule has 1 saturated heterocycles. The van der Waals surface area contributed by atoms with Crippen molar-refractivity contribution in [2.45, 2.75) is 13.0 Å². The van der Waals surface area contributed by atoms with Crippen LogP contribution in [0.4, 0.5) is 16.2 Å². The highest BCUT2D eigenvalue weighted by Gasteiger charge is 2.31. The average molecular weight is 385 g/mol. The summed E-state index contributed by atoms with van der Waals surface area (Å²) in [6, 6.07) is 17.8. The van der Waals surface area contributed by atoms with Crippen molar-refractivity contribution >= 4 is 29.3 Å². The Morgan fingerprint density at radius 2 is 1.43 bits per heavy atom. The van der Waals surface area contributed by atoms with Gasteiger partial charge in [-0.25, -0.2) is 4.79 Å². The summed E-state index contributed by atoms with van der Waals surface area (Å²) in [5, 5.41) is 19.5. The Bertz CT molecular complexity index is 755. The molecular formula is C20H23N3O5. The van der Waals surface area contributed by atoms with Crippen molar-refractivity contribution in [1.29, 1.82) is 0 Å². The lowest BCUT2D eigenvalue weighted by Gasteiger charge is -2.35. The number of rotatable bonds is 3. The third kappa shape index (κ3) is 5.82. The second-order valence-corrected chi connectivity index (χ2v) is 6.10. The van der Waals surface area contributed by atoms with E-state index in [9.17, 15) is 14.7 Å². The largest absolute Gasteiger partial charge is 0.481 e. The van der Waals surface area contributed by atoms with Crippen LogP contribution in [0.1, 0.15) is 6.92 Å². The summed E-state index contributed by atoms with van der Waals surface area (Å²) < 4.78 is 0. The predicted octanol–water partition coefficient (Wildman–Crippen LogP) is 2.39. The molecule has 1 atom stereocenters. The van der Waals surface area contributed by atoms with Crippen molar-refractivity contribution in [2.75, 3.05) is 24.5 Å². The van der Waals surface area contributed by atoms with E-state index in [2.05, 4.69) is 5.32 Å². The van der Waals surface area contributed by atoms with Crippen LogP contribution in [0.25, 0.3) is 0 Å². The van der Waals surface area contributed by atoms with Gasteiger partial charge in [0.2, 0.25) is 0 Å². The molecule has 0 aliphatic carbocycles. The van der Waals surface area contributed by atoms with Crippen molar-refractivity contribution in [3.05, 3.63) is 60.7 Å². The highest BCUT2D eigenvalue weighted by atomic mass is 16.4. The smallest absolute Gasteiger partial charge is 0.329 e. The van der Waals surface area contributed by atoms with Crippen molar-refractivity contribution in [1.82, 2.24) is 10.2 Å². The van der Waals surface area contributed by atoms with E-state index < -0.39 is 18.0 Å². The number of anilines is 2. The SMILES string of the molecule is CC(=O)O.O=C(O)[C@@H]1CN(C(=O)N(c2ccccc2)c2ccccc2)CCN1. The van der Waals surface area contributed by atoms with Crippen LogP contribution in [0.15, 0.2) is 60.7 Å². The highest BCUT2D eigenvalue weighted by molar-refractivity contribution is 5.99. The van der Waals surface area contributed by atoms with Gasteiger partial charge in [-0.15, -0.1) is 0 Å². The van der Waals surface area contributed by atoms with Gasteiger partial charge in [-0.1, -0.05) is 36.4 Å². The van der Waals surface area contributed by atoms with Crippen LogP contribution in [0.5, 0.6) is 0 Å². The van der Waals surface area contributed by atoms with Crippen LogP contribution in [0.2, 0.25) is 0 Å². The Morgan fingerprint density at radius 3 is 1.86 bits per heavy atom. The molecule has 0 aromatic heterocycles. The Morgan fingerprint density at radius 1 is 0.964 bits per heavy atom. The molecule has 1 heterocycles. The molecular weight excluding hydrogens is 362 g/mol. The number of aliphatic carboxylic acids is 2. The van der Waals surface area contributed by atoms with E-state index in [0.717, 1.165) is 18.3 Å². The van der Waals surface area contributed by atoms with Crippen LogP contribution < -0.4 is 10.2 Å². The first kappa shape index (κ1) is 20.9. The van der Waals surface area contributed by atoms with Crippen molar-refractivity contribution in [3.8, 4) is 0 Å². The number of hydrogen-bond acceptors (Lipinski definition) is 4. The zero-order valence-corrected chi connectivity index (χ0v) is 15.5. The minimum absolute atomic E-state index is 0.143. The van der Waals surface area contributed by atoms with E-state index in [1.54, 1.807) is 9.80 Å². The van der Waals surface area contributed by atoms with Crippen molar-refractivity contribution in [2.24, 2.45) is 0 Å². The molecule has 8 nitrogen and oxygen atoms in total. The number of piperazine rings is 1. The van der Waals surface area contributed by atoms with Gasteiger partial charge in [0.15, 0.2) is 0 Å². The third-order valence-corrected chi connectivity index (χ3v) is 3.96. The van der Waals surface area contributed by atoms with Gasteiger partial charge in [0.25, 0.3) is 5.97 Å². The van der Waals surface area contributed by atoms with E-state index >= 15 is 0 Å². The minimum Gasteiger partial charge on any atom is -0.481 e. The van der Waals surface area contributed by atoms with E-state index in [1.807, 2.05) is 60.7 Å². The Balaban J connectivity index is 0.000000640. The van der Waals surface area contributed by atoms with E-state index in [4.69, 9.17) is 9.90 Å². The molecule has 148 valence electrons. The summed E-state index contributed by atoms with van der Waals surface area (Å²) in [5.74, 6) is -1.78. The lowest BCUT2D eigenvalue weighted by molar-refractivity contribution is -0.140. The number of urea groups is 1. The first-order valence-corrected chi connectivity index (χ1v) is 8.75. The molecule has 2 aromatic carbocycles. The standard InChI is InChI=1S/C18H19N3O3.C2H4O2/c22-17(23)16-13-20(12-11-19-16)18(24)21(14-7-3-1-4-8-14)15-9-5-2-6-10-15;1-2(3)4/h1-10,16,19H,11-13H2,(H,22,23);1H3,(H,3,4)/t16-;/m0./s1. The van der Waals surface area contributed by atoms with Crippen molar-refractivity contribution < 1.29 is 24.6 Å². The Labute approximate surface area is 163 Å². The van der Waals surface area contributed by atoms with Gasteiger partial charge >= 0.3 is 12.0 Å². The molecule has 3 rings (SSSR count). The number of carbonyl (C=O) groups excluding carboxylic acids is 1. The summed E-state index contributed by atoms with van der Waals surface area (Å²) in [6.45, 7) is 2.16. The van der Waals surface area contributed by atoms with Crippen LogP contribution in [0.3, 0.4) is 0 Å². The molecule has 2 amide bonds. The maximum atomic E-state index is 13.1. The number of carbonyl (C=O) groups is 3. The second kappa shape index (κ2) is 10.1. The predicted molar refractivity (Wildman–Crippen MR) is 105 cm³/mol. The van der Waals surface area contributed by atoms with Gasteiger partial charge in [-0.05, 0) is 24.3 Å². The molecule has 1 aliphatic rings. The van der Waals surface area contributed by atoms with E-state index in [0.29, 0.717) is 13.1 Å². The quantitative estimate of drug-likeness (QED) is 0.748. The highest BCUT2D eigenvalue weighted by Crippen LogP contribution is 2.26. The zero-order chi connectivity index (χ0) is 20.5. The van der Waals surface area contributed by atoms with Gasteiger partial charge in [0, 0.05) is 26.6 Å². The fourth-order valence-electron chi connectivity index (χ4n) is 2.75. The van der Waals surface area contributed by atoms with Gasteiger partial charge in [0.1, 0.15) is 6.04 Å². The fourth-order valence-corrected chi connectivity index (χ4v) is 2.75. The number of carboxylic acids is 2. The topological polar surface area (TPSA) is 110 Å². The van der Waals surface area contributed by atoms with Crippen LogP contribution in [-0.2, 0) is 9.59 Å². The normalized spacial score (nSPS) is 15.8. The lowest BCUT2D eigenvalue weighted by Crippen LogP contribution is -2.57. The molecule has 2 aromatic rings. The molecule has 28 heavy (non-hydrogen) atoms. The fraction of sp³-hybridized carbons (Fsp3) is 0.250. The molecule has 1 fully saturated rings. The van der Waals surface area contributed by atoms with Gasteiger partial charge < -0.3 is 20.4 Å². The van der Waals surface area contributed by atoms with Crippen LogP contribution in [0, 0.1) is 0 Å². The monoisotopic (exact) mass is 385 g/mol. The molecule has 0 radical (unpaired) electrons. The maximum absolute atomic E-state index is 13.1. The van der Waals surface area contributed by atoms with Crippen LogP contribution in [-0.4, -0.2) is 58.8 Å². The number of para-hydroxylation sites is 2. The van der Waals surface area contributed by atoms with E-state index in [-0.39, 0.29) is 12.6 Å². The number of hydrogen-bond donors (Lipinski definition) is 3. The Hall–Kier alpha value is -3.39. The summed E-state index contributed by atoms with van der Waals surface area (Å²) in [4.78, 5) is 36.5. The molecule has 0 bridgehead atoms. The number of nitrogens with one attached hydrogen (secondary N) is 1. The Kier molecular flexibility index (Phi) is 7.53. The van der Waals surface area contributed by atoms with Crippen LogP contribution >= 0.6 is 0 Å². The number of carboxylic acid groups (broad SMARTS) is 2. The van der Waals surface area contributed by atoms with E-state index in [1.165, 1.54) is 0 Å². The molecule has 3 N–H and O–H groups in total.